The molecule has 0 bridgehead atoms. The zero-order valence-corrected chi connectivity index (χ0v) is 12.9. The van der Waals surface area contributed by atoms with Crippen LogP contribution in [0.4, 0.5) is 0 Å². The molecule has 6 nitrogen and oxygen atoms in total. The van der Waals surface area contributed by atoms with Crippen molar-refractivity contribution in [1.29, 1.82) is 0 Å². The maximum absolute atomic E-state index is 12.1. The van der Waals surface area contributed by atoms with Gasteiger partial charge < -0.3 is 10.4 Å². The molecule has 1 aromatic rings. The van der Waals surface area contributed by atoms with Crippen molar-refractivity contribution in [3.8, 4) is 0 Å². The van der Waals surface area contributed by atoms with Crippen LogP contribution in [0, 0.1) is 0 Å². The number of carboxylic acid groups (broad SMARTS) is 1. The van der Waals surface area contributed by atoms with E-state index in [1.807, 2.05) is 0 Å². The first-order chi connectivity index (χ1) is 9.31. The Bertz CT molecular complexity index is 605. The predicted molar refractivity (Wildman–Crippen MR) is 77.2 cm³/mol. The SMILES string of the molecule is CNCCCNS(=O)(=O)c1ccc(Cl)c(C(=O)O)c1Cl. The van der Waals surface area contributed by atoms with Crippen molar-refractivity contribution >= 4 is 39.2 Å². The summed E-state index contributed by atoms with van der Waals surface area (Å²) in [5, 5.41) is 11.4. The highest BCUT2D eigenvalue weighted by atomic mass is 35.5. The van der Waals surface area contributed by atoms with E-state index in [1.165, 1.54) is 12.1 Å². The highest BCUT2D eigenvalue weighted by molar-refractivity contribution is 7.89. The van der Waals surface area contributed by atoms with Crippen molar-refractivity contribution in [2.24, 2.45) is 0 Å². The lowest BCUT2D eigenvalue weighted by Crippen LogP contribution is -2.27. The molecule has 0 unspecified atom stereocenters. The third-order valence-corrected chi connectivity index (χ3v) is 4.78. The summed E-state index contributed by atoms with van der Waals surface area (Å²) >= 11 is 11.5. The lowest BCUT2D eigenvalue weighted by atomic mass is 10.2. The number of rotatable bonds is 7. The van der Waals surface area contributed by atoms with Gasteiger partial charge in [0.15, 0.2) is 0 Å². The first-order valence-electron chi connectivity index (χ1n) is 5.67. The number of hydrogen-bond donors (Lipinski definition) is 3. The standard InChI is InChI=1S/C11H14Cl2N2O4S/c1-14-5-2-6-15-20(18,19)8-4-3-7(12)9(10(8)13)11(16)17/h3-4,14-15H,2,5-6H2,1H3,(H,16,17). The molecule has 0 amide bonds. The largest absolute Gasteiger partial charge is 0.478 e. The second-order valence-corrected chi connectivity index (χ2v) is 6.42. The van der Waals surface area contributed by atoms with Crippen LogP contribution >= 0.6 is 23.2 Å². The maximum Gasteiger partial charge on any atom is 0.338 e. The minimum atomic E-state index is -3.88. The highest BCUT2D eigenvalue weighted by Crippen LogP contribution is 2.30. The van der Waals surface area contributed by atoms with Crippen LogP contribution in [0.25, 0.3) is 0 Å². The molecule has 0 radical (unpaired) electrons. The van der Waals surface area contributed by atoms with Gasteiger partial charge in [-0.1, -0.05) is 23.2 Å². The number of benzene rings is 1. The summed E-state index contributed by atoms with van der Waals surface area (Å²) in [6.45, 7) is 0.863. The Kier molecular flexibility index (Phi) is 6.22. The van der Waals surface area contributed by atoms with Crippen molar-refractivity contribution in [2.75, 3.05) is 20.1 Å². The van der Waals surface area contributed by atoms with E-state index in [1.54, 1.807) is 7.05 Å². The number of carbonyl (C=O) groups is 1. The minimum Gasteiger partial charge on any atom is -0.478 e. The smallest absolute Gasteiger partial charge is 0.338 e. The second-order valence-electron chi connectivity index (χ2n) is 3.89. The quantitative estimate of drug-likeness (QED) is 0.655. The zero-order chi connectivity index (χ0) is 15.3. The lowest BCUT2D eigenvalue weighted by molar-refractivity contribution is 0.0697. The molecule has 0 aliphatic rings. The Hall–Kier alpha value is -0.860. The van der Waals surface area contributed by atoms with E-state index in [0.717, 1.165) is 0 Å². The fourth-order valence-corrected chi connectivity index (χ4v) is 3.48. The summed E-state index contributed by atoms with van der Waals surface area (Å²) in [5.41, 5.74) is -0.425. The molecule has 0 saturated heterocycles. The molecular formula is C11H14Cl2N2O4S. The number of aromatic carboxylic acids is 1. The third kappa shape index (κ3) is 4.07. The molecule has 1 rings (SSSR count). The Morgan fingerprint density at radius 1 is 1.30 bits per heavy atom. The van der Waals surface area contributed by atoms with E-state index in [4.69, 9.17) is 28.3 Å². The van der Waals surface area contributed by atoms with Crippen LogP contribution in [0.2, 0.25) is 10.0 Å². The molecule has 1 aromatic carbocycles. The molecule has 0 atom stereocenters. The second kappa shape index (κ2) is 7.24. The number of carboxylic acids is 1. The highest BCUT2D eigenvalue weighted by Gasteiger charge is 2.24. The predicted octanol–water partition coefficient (Wildman–Crippen LogP) is 1.58. The fourth-order valence-electron chi connectivity index (χ4n) is 1.49. The Morgan fingerprint density at radius 3 is 2.50 bits per heavy atom. The average molecular weight is 341 g/mol. The van der Waals surface area contributed by atoms with Gasteiger partial charge in [0.25, 0.3) is 0 Å². The maximum atomic E-state index is 12.1. The molecule has 112 valence electrons. The van der Waals surface area contributed by atoms with Gasteiger partial charge in [-0.2, -0.15) is 0 Å². The van der Waals surface area contributed by atoms with Gasteiger partial charge in [-0.05, 0) is 32.1 Å². The van der Waals surface area contributed by atoms with E-state index >= 15 is 0 Å². The first-order valence-corrected chi connectivity index (χ1v) is 7.90. The molecule has 0 aliphatic heterocycles. The number of hydrogen-bond acceptors (Lipinski definition) is 4. The van der Waals surface area contributed by atoms with Crippen LogP contribution in [0.15, 0.2) is 17.0 Å². The van der Waals surface area contributed by atoms with Crippen molar-refractivity contribution in [3.63, 3.8) is 0 Å². The average Bonchev–Trinajstić information content (AvgIpc) is 2.34. The molecule has 3 N–H and O–H groups in total. The molecular weight excluding hydrogens is 327 g/mol. The molecule has 0 fully saturated rings. The first kappa shape index (κ1) is 17.2. The van der Waals surface area contributed by atoms with Gasteiger partial charge in [0.1, 0.15) is 4.90 Å². The van der Waals surface area contributed by atoms with Gasteiger partial charge in [0.05, 0.1) is 15.6 Å². The van der Waals surface area contributed by atoms with Gasteiger partial charge in [-0.15, -0.1) is 0 Å². The van der Waals surface area contributed by atoms with Crippen LogP contribution in [-0.2, 0) is 10.0 Å². The Labute approximate surface area is 127 Å². The third-order valence-electron chi connectivity index (χ3n) is 2.45. The van der Waals surface area contributed by atoms with E-state index in [0.29, 0.717) is 13.0 Å². The molecule has 0 aliphatic carbocycles. The zero-order valence-electron chi connectivity index (χ0n) is 10.6. The van der Waals surface area contributed by atoms with Gasteiger partial charge >= 0.3 is 5.97 Å². The topological polar surface area (TPSA) is 95.5 Å². The summed E-state index contributed by atoms with van der Waals surface area (Å²) in [7, 11) is -2.12. The summed E-state index contributed by atoms with van der Waals surface area (Å²) in [4.78, 5) is 10.7. The summed E-state index contributed by atoms with van der Waals surface area (Å²) in [6, 6.07) is 2.37. The van der Waals surface area contributed by atoms with Crippen molar-refractivity contribution in [1.82, 2.24) is 10.0 Å². The van der Waals surface area contributed by atoms with Crippen molar-refractivity contribution < 1.29 is 18.3 Å². The van der Waals surface area contributed by atoms with Crippen molar-refractivity contribution in [2.45, 2.75) is 11.3 Å². The molecule has 0 saturated carbocycles. The van der Waals surface area contributed by atoms with Crippen LogP contribution in [-0.4, -0.2) is 39.6 Å². The summed E-state index contributed by atoms with van der Waals surface area (Å²) in [6.07, 6.45) is 0.590. The molecule has 0 heterocycles. The van der Waals surface area contributed by atoms with Gasteiger partial charge in [0, 0.05) is 6.54 Å². The molecule has 0 spiro atoms. The number of halogens is 2. The van der Waals surface area contributed by atoms with E-state index < -0.39 is 26.6 Å². The minimum absolute atomic E-state index is 0.114. The van der Waals surface area contributed by atoms with E-state index in [2.05, 4.69) is 10.0 Å². The van der Waals surface area contributed by atoms with Gasteiger partial charge in [0.2, 0.25) is 10.0 Å². The fraction of sp³-hybridized carbons (Fsp3) is 0.364. The van der Waals surface area contributed by atoms with E-state index in [9.17, 15) is 13.2 Å². The van der Waals surface area contributed by atoms with Crippen molar-refractivity contribution in [3.05, 3.63) is 27.7 Å². The van der Waals surface area contributed by atoms with Crippen LogP contribution in [0.1, 0.15) is 16.8 Å². The molecule has 20 heavy (non-hydrogen) atoms. The van der Waals surface area contributed by atoms with Gasteiger partial charge in [-0.3, -0.25) is 0 Å². The number of sulfonamides is 1. The Morgan fingerprint density at radius 2 is 1.95 bits per heavy atom. The van der Waals surface area contributed by atoms with Crippen LogP contribution in [0.5, 0.6) is 0 Å². The Balaban J connectivity index is 3.07. The monoisotopic (exact) mass is 340 g/mol. The van der Waals surface area contributed by atoms with Crippen LogP contribution < -0.4 is 10.0 Å². The normalized spacial score (nSPS) is 11.6. The molecule has 0 aromatic heterocycles. The summed E-state index contributed by atoms with van der Waals surface area (Å²) < 4.78 is 26.4. The molecule has 9 heteroatoms. The van der Waals surface area contributed by atoms with Crippen LogP contribution in [0.3, 0.4) is 0 Å². The lowest BCUT2D eigenvalue weighted by Gasteiger charge is -2.10. The number of nitrogens with one attached hydrogen (secondary N) is 2. The summed E-state index contributed by atoms with van der Waals surface area (Å²) in [5.74, 6) is -1.38. The van der Waals surface area contributed by atoms with Gasteiger partial charge in [-0.25, -0.2) is 17.9 Å². The van der Waals surface area contributed by atoms with E-state index in [-0.39, 0.29) is 16.5 Å².